The number of ether oxygens (including phenoxy) is 1. The number of rotatable bonds is 5. The Hall–Kier alpha value is -1.88. The standard InChI is InChI=1S/C15H19NO4/c1-11-7-8-13(20-11)15(19)16(10-9-14(17)18)12-5-3-2-4-6-12/h2-6,11,13H,7-10H2,1H3,(H,17,18). The maximum atomic E-state index is 12.5. The summed E-state index contributed by atoms with van der Waals surface area (Å²) < 4.78 is 5.59. The fourth-order valence-corrected chi connectivity index (χ4v) is 2.34. The molecule has 1 heterocycles. The molecule has 0 radical (unpaired) electrons. The Morgan fingerprint density at radius 2 is 2.00 bits per heavy atom. The second-order valence-electron chi connectivity index (χ2n) is 4.98. The third-order valence-corrected chi connectivity index (χ3v) is 3.39. The smallest absolute Gasteiger partial charge is 0.305 e. The number of nitrogens with zero attached hydrogens (tertiary/aromatic N) is 1. The molecule has 1 aliphatic rings. The van der Waals surface area contributed by atoms with Gasteiger partial charge in [0.05, 0.1) is 12.5 Å². The number of hydrogen-bond acceptors (Lipinski definition) is 3. The molecule has 1 amide bonds. The van der Waals surface area contributed by atoms with E-state index in [0.29, 0.717) is 12.1 Å². The van der Waals surface area contributed by atoms with Crippen LogP contribution in [0.25, 0.3) is 0 Å². The highest BCUT2D eigenvalue weighted by atomic mass is 16.5. The minimum absolute atomic E-state index is 0.0804. The molecule has 0 bridgehead atoms. The van der Waals surface area contributed by atoms with Gasteiger partial charge in [0.2, 0.25) is 0 Å². The third kappa shape index (κ3) is 3.57. The van der Waals surface area contributed by atoms with Gasteiger partial charge in [0.1, 0.15) is 6.10 Å². The molecular formula is C15H19NO4. The van der Waals surface area contributed by atoms with Crippen LogP contribution >= 0.6 is 0 Å². The maximum Gasteiger partial charge on any atom is 0.305 e. The van der Waals surface area contributed by atoms with Gasteiger partial charge < -0.3 is 14.7 Å². The number of amides is 1. The Labute approximate surface area is 118 Å². The Balaban J connectivity index is 2.13. The number of hydrogen-bond donors (Lipinski definition) is 1. The van der Waals surface area contributed by atoms with Gasteiger partial charge >= 0.3 is 5.97 Å². The number of anilines is 1. The first kappa shape index (κ1) is 14.5. The monoisotopic (exact) mass is 277 g/mol. The summed E-state index contributed by atoms with van der Waals surface area (Å²) in [6.07, 6.45) is 1.09. The molecule has 2 atom stereocenters. The maximum absolute atomic E-state index is 12.5. The number of para-hydroxylation sites is 1. The average molecular weight is 277 g/mol. The number of benzene rings is 1. The van der Waals surface area contributed by atoms with Crippen molar-refractivity contribution in [3.63, 3.8) is 0 Å². The van der Waals surface area contributed by atoms with Crippen molar-refractivity contribution in [2.45, 2.75) is 38.4 Å². The summed E-state index contributed by atoms with van der Waals surface area (Å²) in [6.45, 7) is 2.10. The molecule has 0 saturated carbocycles. The minimum Gasteiger partial charge on any atom is -0.481 e. The molecule has 5 heteroatoms. The van der Waals surface area contributed by atoms with Crippen LogP contribution in [0.4, 0.5) is 5.69 Å². The SMILES string of the molecule is CC1CCC(C(=O)N(CCC(=O)O)c2ccccc2)O1. The van der Waals surface area contributed by atoms with Gasteiger partial charge in [-0.3, -0.25) is 9.59 Å². The summed E-state index contributed by atoms with van der Waals surface area (Å²) in [5, 5.41) is 8.83. The van der Waals surface area contributed by atoms with Crippen LogP contribution in [-0.4, -0.2) is 35.7 Å². The molecule has 1 aliphatic heterocycles. The first-order valence-corrected chi connectivity index (χ1v) is 6.81. The van der Waals surface area contributed by atoms with Crippen molar-refractivity contribution < 1.29 is 19.4 Å². The van der Waals surface area contributed by atoms with E-state index in [1.54, 1.807) is 12.1 Å². The van der Waals surface area contributed by atoms with Crippen LogP contribution in [-0.2, 0) is 14.3 Å². The molecule has 1 saturated heterocycles. The molecule has 20 heavy (non-hydrogen) atoms. The van der Waals surface area contributed by atoms with Gasteiger partial charge in [0.15, 0.2) is 0 Å². The van der Waals surface area contributed by atoms with Gasteiger partial charge in [-0.1, -0.05) is 18.2 Å². The lowest BCUT2D eigenvalue weighted by molar-refractivity contribution is -0.136. The lowest BCUT2D eigenvalue weighted by Gasteiger charge is -2.25. The van der Waals surface area contributed by atoms with Crippen LogP contribution in [0.5, 0.6) is 0 Å². The van der Waals surface area contributed by atoms with E-state index in [0.717, 1.165) is 6.42 Å². The summed E-state index contributed by atoms with van der Waals surface area (Å²) in [5.41, 5.74) is 0.710. The molecule has 1 N–H and O–H groups in total. The van der Waals surface area contributed by atoms with Crippen molar-refractivity contribution in [2.75, 3.05) is 11.4 Å². The van der Waals surface area contributed by atoms with E-state index in [-0.39, 0.29) is 25.0 Å². The van der Waals surface area contributed by atoms with Gasteiger partial charge in [0.25, 0.3) is 5.91 Å². The zero-order chi connectivity index (χ0) is 14.5. The Kier molecular flexibility index (Phi) is 4.74. The molecule has 1 aromatic rings. The highest BCUT2D eigenvalue weighted by Crippen LogP contribution is 2.24. The van der Waals surface area contributed by atoms with Crippen molar-refractivity contribution in [2.24, 2.45) is 0 Å². The van der Waals surface area contributed by atoms with E-state index in [1.807, 2.05) is 25.1 Å². The second kappa shape index (κ2) is 6.52. The summed E-state index contributed by atoms with van der Waals surface area (Å²) in [5.74, 6) is -1.07. The normalized spacial score (nSPS) is 21.6. The van der Waals surface area contributed by atoms with Crippen LogP contribution in [0.1, 0.15) is 26.2 Å². The predicted octanol–water partition coefficient (Wildman–Crippen LogP) is 2.06. The van der Waals surface area contributed by atoms with Crippen LogP contribution in [0.3, 0.4) is 0 Å². The van der Waals surface area contributed by atoms with Crippen LogP contribution in [0.15, 0.2) is 30.3 Å². The zero-order valence-corrected chi connectivity index (χ0v) is 11.5. The average Bonchev–Trinajstić information content (AvgIpc) is 2.86. The van der Waals surface area contributed by atoms with Crippen LogP contribution in [0.2, 0.25) is 0 Å². The minimum atomic E-state index is -0.917. The number of carboxylic acid groups (broad SMARTS) is 1. The summed E-state index contributed by atoms with van der Waals surface area (Å²) in [4.78, 5) is 24.8. The molecule has 5 nitrogen and oxygen atoms in total. The Bertz CT molecular complexity index is 474. The van der Waals surface area contributed by atoms with Crippen LogP contribution in [0, 0.1) is 0 Å². The summed E-state index contributed by atoms with van der Waals surface area (Å²) in [6, 6.07) is 9.12. The number of carbonyl (C=O) groups excluding carboxylic acids is 1. The van der Waals surface area contributed by atoms with Gasteiger partial charge in [-0.2, -0.15) is 0 Å². The van der Waals surface area contributed by atoms with E-state index < -0.39 is 12.1 Å². The topological polar surface area (TPSA) is 66.8 Å². The number of aliphatic carboxylic acids is 1. The fraction of sp³-hybridized carbons (Fsp3) is 0.467. The predicted molar refractivity (Wildman–Crippen MR) is 74.6 cm³/mol. The van der Waals surface area contributed by atoms with E-state index in [4.69, 9.17) is 9.84 Å². The van der Waals surface area contributed by atoms with E-state index >= 15 is 0 Å². The molecule has 1 fully saturated rings. The van der Waals surface area contributed by atoms with Gasteiger partial charge in [-0.15, -0.1) is 0 Å². The molecule has 2 rings (SSSR count). The van der Waals surface area contributed by atoms with Crippen molar-refractivity contribution in [1.29, 1.82) is 0 Å². The molecule has 0 aliphatic carbocycles. The Morgan fingerprint density at radius 1 is 1.30 bits per heavy atom. The van der Waals surface area contributed by atoms with Crippen molar-refractivity contribution in [1.82, 2.24) is 0 Å². The van der Waals surface area contributed by atoms with Crippen molar-refractivity contribution >= 4 is 17.6 Å². The largest absolute Gasteiger partial charge is 0.481 e. The summed E-state index contributed by atoms with van der Waals surface area (Å²) in [7, 11) is 0. The van der Waals surface area contributed by atoms with Gasteiger partial charge in [-0.25, -0.2) is 0 Å². The lowest BCUT2D eigenvalue weighted by Crippen LogP contribution is -2.40. The van der Waals surface area contributed by atoms with Gasteiger partial charge in [0, 0.05) is 12.2 Å². The molecular weight excluding hydrogens is 258 g/mol. The van der Waals surface area contributed by atoms with E-state index in [9.17, 15) is 9.59 Å². The molecule has 108 valence electrons. The lowest BCUT2D eigenvalue weighted by atomic mass is 10.1. The Morgan fingerprint density at radius 3 is 2.55 bits per heavy atom. The highest BCUT2D eigenvalue weighted by molar-refractivity contribution is 5.97. The molecule has 0 aromatic heterocycles. The molecule has 0 spiro atoms. The van der Waals surface area contributed by atoms with Gasteiger partial charge in [-0.05, 0) is 31.9 Å². The molecule has 2 unspecified atom stereocenters. The number of carbonyl (C=O) groups is 2. The number of carboxylic acids is 1. The quantitative estimate of drug-likeness (QED) is 0.894. The first-order valence-electron chi connectivity index (χ1n) is 6.81. The van der Waals surface area contributed by atoms with E-state index in [1.165, 1.54) is 4.90 Å². The molecule has 1 aromatic carbocycles. The third-order valence-electron chi connectivity index (χ3n) is 3.39. The van der Waals surface area contributed by atoms with E-state index in [2.05, 4.69) is 0 Å². The second-order valence-corrected chi connectivity index (χ2v) is 4.98. The highest BCUT2D eigenvalue weighted by Gasteiger charge is 2.32. The van der Waals surface area contributed by atoms with Crippen molar-refractivity contribution in [3.05, 3.63) is 30.3 Å². The van der Waals surface area contributed by atoms with Crippen LogP contribution < -0.4 is 4.90 Å². The fourth-order valence-electron chi connectivity index (χ4n) is 2.34. The zero-order valence-electron chi connectivity index (χ0n) is 11.5. The first-order chi connectivity index (χ1) is 9.58. The van der Waals surface area contributed by atoms with Crippen molar-refractivity contribution in [3.8, 4) is 0 Å². The summed E-state index contributed by atoms with van der Waals surface area (Å²) >= 11 is 0.